The van der Waals surface area contributed by atoms with Crippen LogP contribution >= 0.6 is 12.2 Å². The highest BCUT2D eigenvalue weighted by Gasteiger charge is 2.35. The molecule has 3 nitrogen and oxygen atoms in total. The quantitative estimate of drug-likeness (QED) is 0.587. The SMILES string of the molecule is CNC(=S)NC1COCC1(C)C. The highest BCUT2D eigenvalue weighted by molar-refractivity contribution is 7.80. The molecule has 1 atom stereocenters. The number of ether oxygens (including phenoxy) is 1. The van der Waals surface area contributed by atoms with Gasteiger partial charge in [0.2, 0.25) is 0 Å². The predicted octanol–water partition coefficient (Wildman–Crippen LogP) is 0.505. The van der Waals surface area contributed by atoms with E-state index >= 15 is 0 Å². The van der Waals surface area contributed by atoms with E-state index in [1.165, 1.54) is 0 Å². The van der Waals surface area contributed by atoms with Crippen LogP contribution in [-0.4, -0.2) is 31.4 Å². The highest BCUT2D eigenvalue weighted by atomic mass is 32.1. The lowest BCUT2D eigenvalue weighted by Crippen LogP contribution is -2.47. The molecule has 4 heteroatoms. The molecule has 1 heterocycles. The maximum Gasteiger partial charge on any atom is 0.166 e. The molecular formula is C8H16N2OS. The van der Waals surface area contributed by atoms with Crippen molar-refractivity contribution < 1.29 is 4.74 Å². The molecule has 0 aliphatic carbocycles. The smallest absolute Gasteiger partial charge is 0.166 e. The van der Waals surface area contributed by atoms with Crippen LogP contribution in [0.3, 0.4) is 0 Å². The maximum atomic E-state index is 5.37. The molecule has 0 bridgehead atoms. The van der Waals surface area contributed by atoms with Gasteiger partial charge < -0.3 is 15.4 Å². The van der Waals surface area contributed by atoms with Crippen molar-refractivity contribution in [3.8, 4) is 0 Å². The highest BCUT2D eigenvalue weighted by Crippen LogP contribution is 2.26. The standard InChI is InChI=1S/C8H16N2OS/c1-8(2)5-11-4-6(8)10-7(12)9-3/h6H,4-5H2,1-3H3,(H2,9,10,12). The van der Waals surface area contributed by atoms with Gasteiger partial charge in [0.15, 0.2) is 5.11 Å². The van der Waals surface area contributed by atoms with E-state index in [0.29, 0.717) is 11.2 Å². The fraction of sp³-hybridized carbons (Fsp3) is 0.875. The van der Waals surface area contributed by atoms with Crippen molar-refractivity contribution in [2.24, 2.45) is 5.41 Å². The fourth-order valence-electron chi connectivity index (χ4n) is 1.23. The first-order chi connectivity index (χ1) is 5.56. The van der Waals surface area contributed by atoms with E-state index in [4.69, 9.17) is 17.0 Å². The monoisotopic (exact) mass is 188 g/mol. The summed E-state index contributed by atoms with van der Waals surface area (Å²) in [5.41, 5.74) is 0.181. The Morgan fingerprint density at radius 3 is 2.67 bits per heavy atom. The van der Waals surface area contributed by atoms with Gasteiger partial charge in [0, 0.05) is 12.5 Å². The Kier molecular flexibility index (Phi) is 2.90. The minimum atomic E-state index is 0.181. The molecule has 1 unspecified atom stereocenters. The van der Waals surface area contributed by atoms with Crippen molar-refractivity contribution in [3.05, 3.63) is 0 Å². The second-order valence-electron chi connectivity index (χ2n) is 3.78. The van der Waals surface area contributed by atoms with Gasteiger partial charge in [-0.15, -0.1) is 0 Å². The minimum absolute atomic E-state index is 0.181. The average molecular weight is 188 g/mol. The van der Waals surface area contributed by atoms with E-state index in [2.05, 4.69) is 24.5 Å². The normalized spacial score (nSPS) is 26.8. The molecule has 70 valence electrons. The van der Waals surface area contributed by atoms with Crippen molar-refractivity contribution >= 4 is 17.3 Å². The summed E-state index contributed by atoms with van der Waals surface area (Å²) in [5.74, 6) is 0. The lowest BCUT2D eigenvalue weighted by atomic mass is 9.88. The van der Waals surface area contributed by atoms with E-state index in [0.717, 1.165) is 13.2 Å². The van der Waals surface area contributed by atoms with Crippen LogP contribution in [0, 0.1) is 5.41 Å². The summed E-state index contributed by atoms with van der Waals surface area (Å²) < 4.78 is 5.37. The van der Waals surface area contributed by atoms with E-state index in [1.807, 2.05) is 7.05 Å². The van der Waals surface area contributed by atoms with Crippen molar-refractivity contribution in [1.82, 2.24) is 10.6 Å². The van der Waals surface area contributed by atoms with E-state index in [-0.39, 0.29) is 5.41 Å². The third-order valence-corrected chi connectivity index (χ3v) is 2.56. The number of hydrogen-bond acceptors (Lipinski definition) is 2. The van der Waals surface area contributed by atoms with E-state index in [1.54, 1.807) is 0 Å². The minimum Gasteiger partial charge on any atom is -0.379 e. The topological polar surface area (TPSA) is 33.3 Å². The van der Waals surface area contributed by atoms with Gasteiger partial charge in [-0.1, -0.05) is 13.8 Å². The lowest BCUT2D eigenvalue weighted by Gasteiger charge is -2.26. The van der Waals surface area contributed by atoms with Crippen LogP contribution in [0.15, 0.2) is 0 Å². The molecule has 0 amide bonds. The number of rotatable bonds is 1. The Morgan fingerprint density at radius 2 is 2.25 bits per heavy atom. The molecule has 1 aliphatic rings. The molecule has 0 radical (unpaired) electrons. The Bertz CT molecular complexity index is 182. The summed E-state index contributed by atoms with van der Waals surface area (Å²) in [6.07, 6.45) is 0. The van der Waals surface area contributed by atoms with Crippen molar-refractivity contribution in [1.29, 1.82) is 0 Å². The first-order valence-electron chi connectivity index (χ1n) is 4.12. The van der Waals surface area contributed by atoms with E-state index in [9.17, 15) is 0 Å². The first-order valence-corrected chi connectivity index (χ1v) is 4.53. The van der Waals surface area contributed by atoms with Crippen LogP contribution in [0.4, 0.5) is 0 Å². The summed E-state index contributed by atoms with van der Waals surface area (Å²) in [6.45, 7) is 5.90. The Morgan fingerprint density at radius 1 is 1.58 bits per heavy atom. The summed E-state index contributed by atoms with van der Waals surface area (Å²) >= 11 is 5.02. The number of nitrogens with one attached hydrogen (secondary N) is 2. The molecular weight excluding hydrogens is 172 g/mol. The third-order valence-electron chi connectivity index (χ3n) is 2.23. The van der Waals surface area contributed by atoms with Gasteiger partial charge >= 0.3 is 0 Å². The molecule has 2 N–H and O–H groups in total. The van der Waals surface area contributed by atoms with Gasteiger partial charge in [0.05, 0.1) is 19.3 Å². The third kappa shape index (κ3) is 2.08. The summed E-state index contributed by atoms with van der Waals surface area (Å²) in [6, 6.07) is 0.331. The second-order valence-corrected chi connectivity index (χ2v) is 4.19. The molecule has 0 aromatic heterocycles. The van der Waals surface area contributed by atoms with Crippen molar-refractivity contribution in [2.75, 3.05) is 20.3 Å². The molecule has 1 saturated heterocycles. The molecule has 1 fully saturated rings. The van der Waals surface area contributed by atoms with Gasteiger partial charge in [-0.3, -0.25) is 0 Å². The van der Waals surface area contributed by atoms with Gasteiger partial charge in [0.1, 0.15) is 0 Å². The Hall–Kier alpha value is -0.350. The predicted molar refractivity (Wildman–Crippen MR) is 53.2 cm³/mol. The van der Waals surface area contributed by atoms with Crippen LogP contribution < -0.4 is 10.6 Å². The zero-order valence-electron chi connectivity index (χ0n) is 7.81. The van der Waals surface area contributed by atoms with Crippen LogP contribution in [0.5, 0.6) is 0 Å². The number of thiocarbonyl (C=S) groups is 1. The van der Waals surface area contributed by atoms with Crippen LogP contribution in [0.25, 0.3) is 0 Å². The van der Waals surface area contributed by atoms with Crippen LogP contribution in [0.1, 0.15) is 13.8 Å². The first kappa shape index (κ1) is 9.74. The number of hydrogen-bond donors (Lipinski definition) is 2. The largest absolute Gasteiger partial charge is 0.379 e. The molecule has 0 aromatic carbocycles. The van der Waals surface area contributed by atoms with Gasteiger partial charge in [-0.2, -0.15) is 0 Å². The molecule has 1 aliphatic heterocycles. The fourth-order valence-corrected chi connectivity index (χ4v) is 1.38. The molecule has 12 heavy (non-hydrogen) atoms. The molecule has 1 rings (SSSR count). The van der Waals surface area contributed by atoms with Gasteiger partial charge in [0.25, 0.3) is 0 Å². The second kappa shape index (κ2) is 3.58. The Balaban J connectivity index is 2.47. The molecule has 0 spiro atoms. The van der Waals surface area contributed by atoms with E-state index < -0.39 is 0 Å². The summed E-state index contributed by atoms with van der Waals surface area (Å²) in [4.78, 5) is 0. The summed E-state index contributed by atoms with van der Waals surface area (Å²) in [7, 11) is 1.82. The zero-order chi connectivity index (χ0) is 9.19. The average Bonchev–Trinajstić information content (AvgIpc) is 2.31. The van der Waals surface area contributed by atoms with Crippen molar-refractivity contribution in [3.63, 3.8) is 0 Å². The van der Waals surface area contributed by atoms with Gasteiger partial charge in [-0.25, -0.2) is 0 Å². The molecule has 0 aromatic rings. The van der Waals surface area contributed by atoms with Crippen LogP contribution in [-0.2, 0) is 4.74 Å². The summed E-state index contributed by atoms with van der Waals surface area (Å²) in [5, 5.41) is 6.80. The van der Waals surface area contributed by atoms with Crippen molar-refractivity contribution in [2.45, 2.75) is 19.9 Å². The van der Waals surface area contributed by atoms with Gasteiger partial charge in [-0.05, 0) is 12.2 Å². The van der Waals surface area contributed by atoms with Crippen LogP contribution in [0.2, 0.25) is 0 Å². The lowest BCUT2D eigenvalue weighted by molar-refractivity contribution is 0.166. The molecule has 0 saturated carbocycles. The maximum absolute atomic E-state index is 5.37. The Labute approximate surface area is 78.9 Å². The zero-order valence-corrected chi connectivity index (χ0v) is 8.62.